The van der Waals surface area contributed by atoms with Gasteiger partial charge in [-0.25, -0.2) is 0 Å². The van der Waals surface area contributed by atoms with Crippen molar-refractivity contribution in [2.45, 2.75) is 30.7 Å². The zero-order chi connectivity index (χ0) is 13.3. The number of hydrogen-bond donors (Lipinski definition) is 1. The van der Waals surface area contributed by atoms with E-state index in [0.717, 1.165) is 24.3 Å². The van der Waals surface area contributed by atoms with Crippen LogP contribution in [0.25, 0.3) is 0 Å². The van der Waals surface area contributed by atoms with Gasteiger partial charge in [-0.05, 0) is 42.5 Å². The number of nitrogens with two attached hydrogens (primary N) is 1. The highest BCUT2D eigenvalue weighted by molar-refractivity contribution is 6.30. The van der Waals surface area contributed by atoms with Gasteiger partial charge in [0, 0.05) is 16.5 Å². The maximum Gasteiger partial charge on any atom is 0.0406 e. The van der Waals surface area contributed by atoms with Crippen molar-refractivity contribution in [1.82, 2.24) is 0 Å². The van der Waals surface area contributed by atoms with Crippen molar-refractivity contribution in [1.29, 1.82) is 0 Å². The van der Waals surface area contributed by atoms with E-state index in [1.165, 1.54) is 11.1 Å². The lowest BCUT2D eigenvalue weighted by atomic mass is 10.00. The SMILES string of the molecule is Cl.N[C@@]1(CCc2ccccc2)C[C@@H]1c1ccc(Cl)cc1. The highest BCUT2D eigenvalue weighted by Gasteiger charge is 2.50. The number of rotatable bonds is 4. The summed E-state index contributed by atoms with van der Waals surface area (Å²) in [6, 6.07) is 18.7. The minimum atomic E-state index is -0.0241. The van der Waals surface area contributed by atoms with Crippen LogP contribution in [0.4, 0.5) is 0 Å². The van der Waals surface area contributed by atoms with Crippen LogP contribution in [0.2, 0.25) is 5.02 Å². The van der Waals surface area contributed by atoms with Crippen LogP contribution in [-0.2, 0) is 6.42 Å². The van der Waals surface area contributed by atoms with E-state index in [1.807, 2.05) is 12.1 Å². The van der Waals surface area contributed by atoms with Gasteiger partial charge in [0.25, 0.3) is 0 Å². The molecule has 0 heterocycles. The number of hydrogen-bond acceptors (Lipinski definition) is 1. The van der Waals surface area contributed by atoms with Crippen LogP contribution in [0, 0.1) is 0 Å². The van der Waals surface area contributed by atoms with Crippen molar-refractivity contribution in [3.8, 4) is 0 Å². The lowest BCUT2D eigenvalue weighted by Gasteiger charge is -2.12. The highest BCUT2D eigenvalue weighted by Crippen LogP contribution is 2.52. The van der Waals surface area contributed by atoms with Crippen LogP contribution in [0.5, 0.6) is 0 Å². The van der Waals surface area contributed by atoms with Gasteiger partial charge in [-0.1, -0.05) is 54.1 Å². The van der Waals surface area contributed by atoms with Crippen LogP contribution in [-0.4, -0.2) is 5.54 Å². The summed E-state index contributed by atoms with van der Waals surface area (Å²) in [5, 5.41) is 0.788. The molecule has 0 saturated heterocycles. The van der Waals surface area contributed by atoms with E-state index in [1.54, 1.807) is 0 Å². The molecule has 1 aliphatic carbocycles. The quantitative estimate of drug-likeness (QED) is 0.879. The van der Waals surface area contributed by atoms with Crippen LogP contribution in [0.3, 0.4) is 0 Å². The molecule has 2 atom stereocenters. The second kappa shape index (κ2) is 6.17. The summed E-state index contributed by atoms with van der Waals surface area (Å²) in [7, 11) is 0. The van der Waals surface area contributed by atoms with E-state index >= 15 is 0 Å². The van der Waals surface area contributed by atoms with E-state index in [9.17, 15) is 0 Å². The number of halogens is 2. The largest absolute Gasteiger partial charge is 0.325 e. The van der Waals surface area contributed by atoms with Crippen molar-refractivity contribution in [2.75, 3.05) is 0 Å². The van der Waals surface area contributed by atoms with Gasteiger partial charge in [-0.3, -0.25) is 0 Å². The standard InChI is InChI=1S/C17H18ClN.ClH/c18-15-8-6-14(7-9-15)16-12-17(16,19)11-10-13-4-2-1-3-5-13;/h1-9,16H,10-12,19H2;1H/t16-,17+;/m1./s1. The molecule has 2 N–H and O–H groups in total. The molecule has 0 spiro atoms. The molecule has 106 valence electrons. The van der Waals surface area contributed by atoms with E-state index in [2.05, 4.69) is 42.5 Å². The van der Waals surface area contributed by atoms with Gasteiger partial charge in [0.2, 0.25) is 0 Å². The molecule has 0 amide bonds. The highest BCUT2D eigenvalue weighted by atomic mass is 35.5. The Balaban J connectivity index is 0.00000147. The van der Waals surface area contributed by atoms with Gasteiger partial charge < -0.3 is 5.73 Å². The first kappa shape index (κ1) is 15.4. The summed E-state index contributed by atoms with van der Waals surface area (Å²) in [5.41, 5.74) is 9.14. The predicted octanol–water partition coefficient (Wildman–Crippen LogP) is 4.58. The monoisotopic (exact) mass is 307 g/mol. The lowest BCUT2D eigenvalue weighted by Crippen LogP contribution is -2.25. The Hall–Kier alpha value is -1.02. The van der Waals surface area contributed by atoms with Crippen molar-refractivity contribution in [2.24, 2.45) is 5.73 Å². The Morgan fingerprint density at radius 3 is 2.35 bits per heavy atom. The molecule has 2 aromatic rings. The zero-order valence-corrected chi connectivity index (χ0v) is 12.8. The molecular formula is C17H19Cl2N. The molecule has 0 aromatic heterocycles. The van der Waals surface area contributed by atoms with Gasteiger partial charge >= 0.3 is 0 Å². The summed E-state index contributed by atoms with van der Waals surface area (Å²) in [6.07, 6.45) is 3.19. The maximum atomic E-state index is 6.48. The molecule has 3 heteroatoms. The fourth-order valence-corrected chi connectivity index (χ4v) is 2.89. The second-order valence-corrected chi connectivity index (χ2v) is 5.96. The Morgan fingerprint density at radius 2 is 1.70 bits per heavy atom. The molecule has 1 nitrogen and oxygen atoms in total. The average Bonchev–Trinajstić information content (AvgIpc) is 3.11. The molecule has 0 aliphatic heterocycles. The Labute approximate surface area is 131 Å². The van der Waals surface area contributed by atoms with Crippen LogP contribution < -0.4 is 5.73 Å². The van der Waals surface area contributed by atoms with Gasteiger partial charge in [-0.2, -0.15) is 0 Å². The molecule has 0 unspecified atom stereocenters. The second-order valence-electron chi connectivity index (χ2n) is 5.53. The Bertz CT molecular complexity index is 553. The minimum absolute atomic E-state index is 0. The fraction of sp³-hybridized carbons (Fsp3) is 0.294. The molecule has 0 bridgehead atoms. The summed E-state index contributed by atoms with van der Waals surface area (Å²) in [4.78, 5) is 0. The predicted molar refractivity (Wildman–Crippen MR) is 87.7 cm³/mol. The Morgan fingerprint density at radius 1 is 1.05 bits per heavy atom. The summed E-state index contributed by atoms with van der Waals surface area (Å²) in [5.74, 6) is 0.494. The fourth-order valence-electron chi connectivity index (χ4n) is 2.76. The summed E-state index contributed by atoms with van der Waals surface area (Å²) in [6.45, 7) is 0. The van der Waals surface area contributed by atoms with Crippen molar-refractivity contribution >= 4 is 24.0 Å². The van der Waals surface area contributed by atoms with E-state index in [0.29, 0.717) is 5.92 Å². The van der Waals surface area contributed by atoms with Crippen molar-refractivity contribution < 1.29 is 0 Å². The first-order valence-corrected chi connectivity index (χ1v) is 7.13. The zero-order valence-electron chi connectivity index (χ0n) is 11.3. The minimum Gasteiger partial charge on any atom is -0.325 e. The molecule has 1 aliphatic rings. The van der Waals surface area contributed by atoms with Gasteiger partial charge in [0.15, 0.2) is 0 Å². The third kappa shape index (κ3) is 3.35. The lowest BCUT2D eigenvalue weighted by molar-refractivity contribution is 0.589. The molecule has 20 heavy (non-hydrogen) atoms. The number of aryl methyl sites for hydroxylation is 1. The maximum absolute atomic E-state index is 6.48. The van der Waals surface area contributed by atoms with Gasteiger partial charge in [-0.15, -0.1) is 12.4 Å². The van der Waals surface area contributed by atoms with E-state index < -0.39 is 0 Å². The first-order valence-electron chi connectivity index (χ1n) is 6.76. The molecule has 3 rings (SSSR count). The first-order chi connectivity index (χ1) is 9.17. The summed E-state index contributed by atoms with van der Waals surface area (Å²) < 4.78 is 0. The van der Waals surface area contributed by atoms with Crippen molar-refractivity contribution in [3.63, 3.8) is 0 Å². The number of benzene rings is 2. The normalized spacial score (nSPS) is 24.0. The van der Waals surface area contributed by atoms with Gasteiger partial charge in [0.1, 0.15) is 0 Å². The summed E-state index contributed by atoms with van der Waals surface area (Å²) >= 11 is 5.92. The smallest absolute Gasteiger partial charge is 0.0406 e. The third-order valence-electron chi connectivity index (χ3n) is 4.11. The van der Waals surface area contributed by atoms with Crippen LogP contribution in [0.1, 0.15) is 29.9 Å². The molecular weight excluding hydrogens is 289 g/mol. The average molecular weight is 308 g/mol. The van der Waals surface area contributed by atoms with Crippen molar-refractivity contribution in [3.05, 3.63) is 70.7 Å². The third-order valence-corrected chi connectivity index (χ3v) is 4.36. The molecule has 1 fully saturated rings. The molecule has 1 saturated carbocycles. The molecule has 0 radical (unpaired) electrons. The Kier molecular flexibility index (Phi) is 4.74. The van der Waals surface area contributed by atoms with E-state index in [4.69, 9.17) is 17.3 Å². The van der Waals surface area contributed by atoms with Crippen LogP contribution >= 0.6 is 24.0 Å². The van der Waals surface area contributed by atoms with Gasteiger partial charge in [0.05, 0.1) is 0 Å². The van der Waals surface area contributed by atoms with Crippen LogP contribution in [0.15, 0.2) is 54.6 Å². The van der Waals surface area contributed by atoms with E-state index in [-0.39, 0.29) is 17.9 Å². The molecule has 2 aromatic carbocycles. The topological polar surface area (TPSA) is 26.0 Å².